The van der Waals surface area contributed by atoms with Crippen molar-refractivity contribution in [2.24, 2.45) is 5.73 Å². The first-order valence-corrected chi connectivity index (χ1v) is 8.27. The lowest BCUT2D eigenvalue weighted by molar-refractivity contribution is -0.117. The molecule has 18 heavy (non-hydrogen) atoms. The molecule has 0 aliphatic heterocycles. The quantitative estimate of drug-likeness (QED) is 0.689. The van der Waals surface area contributed by atoms with Crippen LogP contribution in [-0.4, -0.2) is 32.4 Å². The van der Waals surface area contributed by atoms with Crippen molar-refractivity contribution in [1.29, 1.82) is 0 Å². The number of benzene rings is 1. The topological polar surface area (TPSA) is 89.3 Å². The number of sulfone groups is 1. The summed E-state index contributed by atoms with van der Waals surface area (Å²) < 4.78 is 24.2. The Labute approximate surface area is 120 Å². The molecular formula is C11H15IN2O3S. The zero-order valence-corrected chi connectivity index (χ0v) is 12.7. The third-order valence-electron chi connectivity index (χ3n) is 2.25. The van der Waals surface area contributed by atoms with E-state index in [-0.39, 0.29) is 17.9 Å². The lowest BCUT2D eigenvalue weighted by Crippen LogP contribution is -2.22. The minimum atomic E-state index is -3.22. The van der Waals surface area contributed by atoms with Crippen LogP contribution >= 0.6 is 22.6 Å². The van der Waals surface area contributed by atoms with E-state index in [1.807, 2.05) is 24.3 Å². The molecule has 3 N–H and O–H groups in total. The van der Waals surface area contributed by atoms with Gasteiger partial charge >= 0.3 is 0 Å². The molecule has 0 spiro atoms. The van der Waals surface area contributed by atoms with Crippen molar-refractivity contribution < 1.29 is 13.2 Å². The Morgan fingerprint density at radius 1 is 1.22 bits per heavy atom. The molecule has 1 amide bonds. The average molecular weight is 382 g/mol. The van der Waals surface area contributed by atoms with Gasteiger partial charge in [0.2, 0.25) is 5.91 Å². The highest BCUT2D eigenvalue weighted by molar-refractivity contribution is 14.1. The molecule has 5 nitrogen and oxygen atoms in total. The van der Waals surface area contributed by atoms with Gasteiger partial charge in [-0.2, -0.15) is 0 Å². The van der Waals surface area contributed by atoms with Gasteiger partial charge in [-0.05, 0) is 46.9 Å². The Hall–Kier alpha value is -0.830. The van der Waals surface area contributed by atoms with Crippen molar-refractivity contribution in [3.63, 3.8) is 0 Å². The van der Waals surface area contributed by atoms with Crippen LogP contribution in [0.25, 0.3) is 0 Å². The van der Waals surface area contributed by atoms with Gasteiger partial charge in [-0.3, -0.25) is 4.79 Å². The van der Waals surface area contributed by atoms with E-state index in [4.69, 9.17) is 5.73 Å². The summed E-state index contributed by atoms with van der Waals surface area (Å²) in [6.45, 7) is 0.321. The van der Waals surface area contributed by atoms with Gasteiger partial charge in [0.05, 0.1) is 11.5 Å². The van der Waals surface area contributed by atoms with Crippen LogP contribution in [0.5, 0.6) is 0 Å². The fourth-order valence-electron chi connectivity index (χ4n) is 1.28. The molecule has 0 atom stereocenters. The molecule has 7 heteroatoms. The number of hydrogen-bond donors (Lipinski definition) is 2. The van der Waals surface area contributed by atoms with Gasteiger partial charge in [-0.1, -0.05) is 0 Å². The number of nitrogens with one attached hydrogen (secondary N) is 1. The highest BCUT2D eigenvalue weighted by Crippen LogP contribution is 2.10. The third-order valence-corrected chi connectivity index (χ3v) is 4.62. The zero-order chi connectivity index (χ0) is 13.6. The van der Waals surface area contributed by atoms with E-state index in [2.05, 4.69) is 27.9 Å². The molecule has 1 aromatic rings. The summed E-state index contributed by atoms with van der Waals surface area (Å²) >= 11 is 2.20. The summed E-state index contributed by atoms with van der Waals surface area (Å²) in [5.74, 6) is -0.785. The van der Waals surface area contributed by atoms with Crippen LogP contribution in [-0.2, 0) is 14.6 Å². The maximum Gasteiger partial charge on any atom is 0.218 e. The molecule has 0 bridgehead atoms. The number of nitrogens with two attached hydrogens (primary N) is 1. The highest BCUT2D eigenvalue weighted by atomic mass is 127. The molecule has 0 fully saturated rings. The van der Waals surface area contributed by atoms with E-state index < -0.39 is 15.7 Å². The van der Waals surface area contributed by atoms with Crippen LogP contribution < -0.4 is 11.1 Å². The SMILES string of the molecule is NC(=O)CCS(=O)(=O)CCNc1ccc(I)cc1. The second kappa shape index (κ2) is 6.93. The number of carbonyl (C=O) groups excluding carboxylic acids is 1. The number of amides is 1. The van der Waals surface area contributed by atoms with Gasteiger partial charge in [-0.15, -0.1) is 0 Å². The van der Waals surface area contributed by atoms with E-state index in [0.29, 0.717) is 6.54 Å². The van der Waals surface area contributed by atoms with Crippen molar-refractivity contribution >= 4 is 44.0 Å². The van der Waals surface area contributed by atoms with Crippen LogP contribution in [0, 0.1) is 3.57 Å². The molecule has 0 saturated heterocycles. The molecule has 100 valence electrons. The molecule has 1 aromatic carbocycles. The predicted molar refractivity (Wildman–Crippen MR) is 80.1 cm³/mol. The van der Waals surface area contributed by atoms with Gasteiger partial charge in [0.25, 0.3) is 0 Å². The van der Waals surface area contributed by atoms with Crippen molar-refractivity contribution in [2.45, 2.75) is 6.42 Å². The molecule has 1 rings (SSSR count). The molecule has 0 saturated carbocycles. The van der Waals surface area contributed by atoms with Crippen LogP contribution in [0.1, 0.15) is 6.42 Å². The number of primary amides is 1. The first kappa shape index (κ1) is 15.2. The third kappa shape index (κ3) is 6.20. The van der Waals surface area contributed by atoms with Crippen LogP contribution in [0.4, 0.5) is 5.69 Å². The average Bonchev–Trinajstić information content (AvgIpc) is 2.29. The zero-order valence-electron chi connectivity index (χ0n) is 9.73. The summed E-state index contributed by atoms with van der Waals surface area (Å²) in [4.78, 5) is 10.5. The van der Waals surface area contributed by atoms with E-state index in [0.717, 1.165) is 9.26 Å². The van der Waals surface area contributed by atoms with Gasteiger partial charge in [0.15, 0.2) is 9.84 Å². The molecule has 0 aliphatic carbocycles. The smallest absolute Gasteiger partial charge is 0.218 e. The number of halogens is 1. The van der Waals surface area contributed by atoms with Crippen molar-refractivity contribution in [3.8, 4) is 0 Å². The summed E-state index contributed by atoms with van der Waals surface area (Å²) in [6, 6.07) is 7.64. The Bertz CT molecular complexity index is 500. The van der Waals surface area contributed by atoms with Crippen LogP contribution in [0.2, 0.25) is 0 Å². The lowest BCUT2D eigenvalue weighted by Gasteiger charge is -2.07. The summed E-state index contributed by atoms with van der Waals surface area (Å²) in [7, 11) is -3.22. The first-order chi connectivity index (χ1) is 8.39. The van der Waals surface area contributed by atoms with E-state index in [9.17, 15) is 13.2 Å². The number of hydrogen-bond acceptors (Lipinski definition) is 4. The minimum Gasteiger partial charge on any atom is -0.384 e. The Morgan fingerprint density at radius 2 is 1.83 bits per heavy atom. The monoisotopic (exact) mass is 382 g/mol. The normalized spacial score (nSPS) is 11.2. The van der Waals surface area contributed by atoms with Crippen LogP contribution in [0.3, 0.4) is 0 Å². The van der Waals surface area contributed by atoms with Gasteiger partial charge < -0.3 is 11.1 Å². The Balaban J connectivity index is 2.37. The van der Waals surface area contributed by atoms with Crippen molar-refractivity contribution in [3.05, 3.63) is 27.8 Å². The first-order valence-electron chi connectivity index (χ1n) is 5.37. The Morgan fingerprint density at radius 3 is 2.39 bits per heavy atom. The fourth-order valence-corrected chi connectivity index (χ4v) is 2.77. The maximum absolute atomic E-state index is 11.5. The Kier molecular flexibility index (Phi) is 5.86. The summed E-state index contributed by atoms with van der Waals surface area (Å²) in [5.41, 5.74) is 5.79. The standard InChI is InChI=1S/C11H15IN2O3S/c12-9-1-3-10(4-2-9)14-6-8-18(16,17)7-5-11(13)15/h1-4,14H,5-8H2,(H2,13,15). The summed E-state index contributed by atoms with van der Waals surface area (Å²) in [5, 5.41) is 3.02. The largest absolute Gasteiger partial charge is 0.384 e. The number of anilines is 1. The summed E-state index contributed by atoms with van der Waals surface area (Å²) in [6.07, 6.45) is -0.119. The van der Waals surface area contributed by atoms with Crippen molar-refractivity contribution in [1.82, 2.24) is 0 Å². The fraction of sp³-hybridized carbons (Fsp3) is 0.364. The van der Waals surface area contributed by atoms with Crippen molar-refractivity contribution in [2.75, 3.05) is 23.4 Å². The van der Waals surface area contributed by atoms with Gasteiger partial charge in [0.1, 0.15) is 0 Å². The highest BCUT2D eigenvalue weighted by Gasteiger charge is 2.11. The minimum absolute atomic E-state index is 0.00767. The molecule has 0 aromatic heterocycles. The molecular weight excluding hydrogens is 367 g/mol. The van der Waals surface area contributed by atoms with Gasteiger partial charge in [0, 0.05) is 22.2 Å². The second-order valence-electron chi connectivity index (χ2n) is 3.80. The molecule has 0 unspecified atom stereocenters. The maximum atomic E-state index is 11.5. The van der Waals surface area contributed by atoms with Gasteiger partial charge in [-0.25, -0.2) is 8.42 Å². The predicted octanol–water partition coefficient (Wildman–Crippen LogP) is 0.993. The van der Waals surface area contributed by atoms with Crippen LogP contribution in [0.15, 0.2) is 24.3 Å². The molecule has 0 heterocycles. The number of carbonyl (C=O) groups is 1. The lowest BCUT2D eigenvalue weighted by atomic mass is 10.3. The second-order valence-corrected chi connectivity index (χ2v) is 7.35. The number of rotatable bonds is 7. The van der Waals surface area contributed by atoms with E-state index >= 15 is 0 Å². The van der Waals surface area contributed by atoms with E-state index in [1.54, 1.807) is 0 Å². The molecule has 0 radical (unpaired) electrons. The van der Waals surface area contributed by atoms with E-state index in [1.165, 1.54) is 0 Å². The molecule has 0 aliphatic rings.